The van der Waals surface area contributed by atoms with Gasteiger partial charge in [-0.25, -0.2) is 0 Å². The zero-order valence-corrected chi connectivity index (χ0v) is 15.6. The summed E-state index contributed by atoms with van der Waals surface area (Å²) in [6, 6.07) is 24.7. The van der Waals surface area contributed by atoms with Crippen LogP contribution in [0.25, 0.3) is 11.1 Å². The fourth-order valence-corrected chi connectivity index (χ4v) is 2.75. The van der Waals surface area contributed by atoms with Crippen LogP contribution in [0.5, 0.6) is 5.75 Å². The van der Waals surface area contributed by atoms with Gasteiger partial charge in [-0.1, -0.05) is 48.5 Å². The summed E-state index contributed by atoms with van der Waals surface area (Å²) in [7, 11) is 0. The molecule has 2 amide bonds. The van der Waals surface area contributed by atoms with Crippen molar-refractivity contribution in [2.45, 2.75) is 6.92 Å². The lowest BCUT2D eigenvalue weighted by molar-refractivity contribution is -0.114. The Labute approximate surface area is 164 Å². The Bertz CT molecular complexity index is 938. The Morgan fingerprint density at radius 2 is 1.57 bits per heavy atom. The molecule has 0 bridgehead atoms. The lowest BCUT2D eigenvalue weighted by Crippen LogP contribution is -2.28. The van der Waals surface area contributed by atoms with E-state index in [2.05, 4.69) is 10.6 Å². The number of benzene rings is 3. The fourth-order valence-electron chi connectivity index (χ4n) is 2.75. The number of amides is 2. The Morgan fingerprint density at radius 3 is 2.29 bits per heavy atom. The maximum atomic E-state index is 12.3. The van der Waals surface area contributed by atoms with E-state index < -0.39 is 0 Å². The maximum absolute atomic E-state index is 12.3. The molecule has 28 heavy (non-hydrogen) atoms. The monoisotopic (exact) mass is 374 g/mol. The molecular weight excluding hydrogens is 352 g/mol. The van der Waals surface area contributed by atoms with Crippen molar-refractivity contribution in [1.82, 2.24) is 5.32 Å². The molecular formula is C23H22N2O3. The first kappa shape index (κ1) is 19.2. The summed E-state index contributed by atoms with van der Waals surface area (Å²) in [4.78, 5) is 23.4. The Morgan fingerprint density at radius 1 is 0.857 bits per heavy atom. The maximum Gasteiger partial charge on any atom is 0.251 e. The molecule has 0 unspecified atom stereocenters. The van der Waals surface area contributed by atoms with Crippen LogP contribution >= 0.6 is 0 Å². The molecule has 0 aliphatic heterocycles. The van der Waals surface area contributed by atoms with Crippen LogP contribution < -0.4 is 15.4 Å². The van der Waals surface area contributed by atoms with Gasteiger partial charge in [-0.2, -0.15) is 0 Å². The van der Waals surface area contributed by atoms with Gasteiger partial charge in [0.05, 0.1) is 6.54 Å². The van der Waals surface area contributed by atoms with Gasteiger partial charge in [0.25, 0.3) is 5.91 Å². The normalized spacial score (nSPS) is 10.2. The highest BCUT2D eigenvalue weighted by Gasteiger charge is 2.06. The van der Waals surface area contributed by atoms with Crippen molar-refractivity contribution in [3.8, 4) is 16.9 Å². The zero-order valence-electron chi connectivity index (χ0n) is 15.6. The Hall–Kier alpha value is -3.60. The van der Waals surface area contributed by atoms with Crippen molar-refractivity contribution in [1.29, 1.82) is 0 Å². The van der Waals surface area contributed by atoms with Crippen molar-refractivity contribution in [3.05, 3.63) is 84.4 Å². The lowest BCUT2D eigenvalue weighted by Gasteiger charge is -2.10. The van der Waals surface area contributed by atoms with Crippen molar-refractivity contribution in [3.63, 3.8) is 0 Å². The molecule has 0 aromatic heterocycles. The molecule has 0 radical (unpaired) electrons. The van der Waals surface area contributed by atoms with Gasteiger partial charge in [-0.05, 0) is 35.4 Å². The third-order valence-electron chi connectivity index (χ3n) is 4.06. The summed E-state index contributed by atoms with van der Waals surface area (Å²) in [6.07, 6.45) is 0. The summed E-state index contributed by atoms with van der Waals surface area (Å²) >= 11 is 0. The summed E-state index contributed by atoms with van der Waals surface area (Å²) in [5.41, 5.74) is 3.46. The molecule has 0 spiro atoms. The van der Waals surface area contributed by atoms with E-state index in [4.69, 9.17) is 4.74 Å². The number of carbonyl (C=O) groups excluding carboxylic acids is 2. The van der Waals surface area contributed by atoms with E-state index >= 15 is 0 Å². The number of hydrogen-bond acceptors (Lipinski definition) is 3. The minimum atomic E-state index is -0.143. The Balaban J connectivity index is 1.47. The van der Waals surface area contributed by atoms with Crippen LogP contribution in [-0.4, -0.2) is 25.0 Å². The van der Waals surface area contributed by atoms with Crippen LogP contribution in [0, 0.1) is 0 Å². The highest BCUT2D eigenvalue weighted by Crippen LogP contribution is 2.19. The molecule has 0 fully saturated rings. The summed E-state index contributed by atoms with van der Waals surface area (Å²) in [5.74, 6) is 0.352. The molecule has 0 saturated heterocycles. The van der Waals surface area contributed by atoms with Gasteiger partial charge in [0.2, 0.25) is 5.91 Å². The third kappa shape index (κ3) is 5.45. The van der Waals surface area contributed by atoms with Gasteiger partial charge in [0.15, 0.2) is 0 Å². The zero-order chi connectivity index (χ0) is 19.8. The van der Waals surface area contributed by atoms with Crippen LogP contribution in [0.1, 0.15) is 17.3 Å². The van der Waals surface area contributed by atoms with Gasteiger partial charge in [0.1, 0.15) is 12.4 Å². The average molecular weight is 374 g/mol. The fraction of sp³-hybridized carbons (Fsp3) is 0.130. The predicted molar refractivity (Wildman–Crippen MR) is 110 cm³/mol. The first-order chi connectivity index (χ1) is 13.6. The van der Waals surface area contributed by atoms with Gasteiger partial charge < -0.3 is 15.4 Å². The minimum Gasteiger partial charge on any atom is -0.492 e. The summed E-state index contributed by atoms with van der Waals surface area (Å²) < 4.78 is 5.63. The quantitative estimate of drug-likeness (QED) is 0.611. The molecule has 2 N–H and O–H groups in total. The van der Waals surface area contributed by atoms with Crippen molar-refractivity contribution in [2.24, 2.45) is 0 Å². The van der Waals surface area contributed by atoms with Crippen molar-refractivity contribution < 1.29 is 14.3 Å². The molecule has 0 aliphatic carbocycles. The first-order valence-corrected chi connectivity index (χ1v) is 9.06. The molecule has 0 aliphatic rings. The van der Waals surface area contributed by atoms with Gasteiger partial charge >= 0.3 is 0 Å². The molecule has 3 aromatic rings. The number of rotatable bonds is 7. The number of hydrogen-bond donors (Lipinski definition) is 2. The molecule has 5 heteroatoms. The van der Waals surface area contributed by atoms with Crippen molar-refractivity contribution in [2.75, 3.05) is 18.5 Å². The standard InChI is InChI=1S/C23H22N2O3/c1-17(26)25-21-8-5-9-22(16-21)28-15-14-24-23(27)20-12-10-19(11-13-20)18-6-3-2-4-7-18/h2-13,16H,14-15H2,1H3,(H,24,27)(H,25,26). The second-order valence-corrected chi connectivity index (χ2v) is 6.26. The van der Waals surface area contributed by atoms with Gasteiger partial charge in [0, 0.05) is 24.2 Å². The predicted octanol–water partition coefficient (Wildman–Crippen LogP) is 4.12. The average Bonchev–Trinajstić information content (AvgIpc) is 2.72. The van der Waals surface area contributed by atoms with Crippen LogP contribution in [0.4, 0.5) is 5.69 Å². The third-order valence-corrected chi connectivity index (χ3v) is 4.06. The minimum absolute atomic E-state index is 0.136. The SMILES string of the molecule is CC(=O)Nc1cccc(OCCNC(=O)c2ccc(-c3ccccc3)cc2)c1. The number of nitrogens with one attached hydrogen (secondary N) is 2. The number of ether oxygens (including phenoxy) is 1. The first-order valence-electron chi connectivity index (χ1n) is 9.06. The summed E-state index contributed by atoms with van der Waals surface area (Å²) in [6.45, 7) is 2.16. The number of carbonyl (C=O) groups is 2. The van der Waals surface area contributed by atoms with E-state index in [1.54, 1.807) is 24.3 Å². The van der Waals surface area contributed by atoms with E-state index in [0.717, 1.165) is 11.1 Å². The number of anilines is 1. The van der Waals surface area contributed by atoms with E-state index in [1.807, 2.05) is 54.6 Å². The van der Waals surface area contributed by atoms with Crippen LogP contribution in [0.15, 0.2) is 78.9 Å². The molecule has 3 rings (SSSR count). The molecule has 0 saturated carbocycles. The van der Waals surface area contributed by atoms with Crippen LogP contribution in [0.3, 0.4) is 0 Å². The molecule has 0 atom stereocenters. The topological polar surface area (TPSA) is 67.4 Å². The van der Waals surface area contributed by atoms with Crippen LogP contribution in [-0.2, 0) is 4.79 Å². The second kappa shape index (κ2) is 9.37. The molecule has 142 valence electrons. The molecule has 5 nitrogen and oxygen atoms in total. The van der Waals surface area contributed by atoms with E-state index in [-0.39, 0.29) is 11.8 Å². The van der Waals surface area contributed by atoms with Gasteiger partial charge in [-0.3, -0.25) is 9.59 Å². The Kier molecular flexibility index (Phi) is 6.41. The molecule has 0 heterocycles. The molecule has 3 aromatic carbocycles. The van der Waals surface area contributed by atoms with E-state index in [1.165, 1.54) is 6.92 Å². The smallest absolute Gasteiger partial charge is 0.251 e. The van der Waals surface area contributed by atoms with Gasteiger partial charge in [-0.15, -0.1) is 0 Å². The van der Waals surface area contributed by atoms with Crippen molar-refractivity contribution >= 4 is 17.5 Å². The second-order valence-electron chi connectivity index (χ2n) is 6.26. The lowest BCUT2D eigenvalue weighted by atomic mass is 10.0. The largest absolute Gasteiger partial charge is 0.492 e. The highest BCUT2D eigenvalue weighted by molar-refractivity contribution is 5.94. The van der Waals surface area contributed by atoms with E-state index in [0.29, 0.717) is 30.2 Å². The highest BCUT2D eigenvalue weighted by atomic mass is 16.5. The van der Waals surface area contributed by atoms with E-state index in [9.17, 15) is 9.59 Å². The summed E-state index contributed by atoms with van der Waals surface area (Å²) in [5, 5.41) is 5.54. The van der Waals surface area contributed by atoms with Crippen LogP contribution in [0.2, 0.25) is 0 Å².